The van der Waals surface area contributed by atoms with Crippen molar-refractivity contribution in [2.45, 2.75) is 13.8 Å². The number of aliphatic hydroxyl groups is 2. The Hall–Kier alpha value is -0.374. The molecule has 0 aromatic heterocycles. The van der Waals surface area contributed by atoms with Crippen molar-refractivity contribution >= 4 is 35.0 Å². The number of carboxylic acid groups (broad SMARTS) is 2. The Morgan fingerprint density at radius 1 is 1.00 bits per heavy atom. The molecular formula is C6H12MgO6. The maximum atomic E-state index is 8.89. The third kappa shape index (κ3) is 2750. The van der Waals surface area contributed by atoms with Gasteiger partial charge in [0.2, 0.25) is 0 Å². The summed E-state index contributed by atoms with van der Waals surface area (Å²) in [5, 5.41) is 33.0. The fourth-order valence-electron chi connectivity index (χ4n) is 0. The molecule has 0 heterocycles. The topological polar surface area (TPSA) is 121 Å². The van der Waals surface area contributed by atoms with Gasteiger partial charge in [-0.15, -0.1) is 0 Å². The van der Waals surface area contributed by atoms with Gasteiger partial charge in [-0.05, 0) is 13.8 Å². The molecule has 0 rings (SSSR count). The number of rotatable bonds is 1. The molecule has 6 nitrogen and oxygen atoms in total. The first-order valence-electron chi connectivity index (χ1n) is 2.95. The zero-order valence-corrected chi connectivity index (χ0v) is 9.06. The summed E-state index contributed by atoms with van der Waals surface area (Å²) in [6.45, 7) is 1.69. The van der Waals surface area contributed by atoms with Crippen LogP contribution >= 0.6 is 0 Å². The van der Waals surface area contributed by atoms with Crippen LogP contribution in [0.1, 0.15) is 13.8 Å². The minimum atomic E-state index is -1.08. The molecule has 0 saturated heterocycles. The first kappa shape index (κ1) is 22.9. The SMILES string of the molecule is CC(=O)[O-].CC(=O)[O-].OCCO.[Mg+2]. The summed E-state index contributed by atoms with van der Waals surface area (Å²) in [5.41, 5.74) is 0. The van der Waals surface area contributed by atoms with Gasteiger partial charge in [0, 0.05) is 11.9 Å². The van der Waals surface area contributed by atoms with Crippen molar-refractivity contribution in [1.29, 1.82) is 0 Å². The summed E-state index contributed by atoms with van der Waals surface area (Å²) >= 11 is 0. The fourth-order valence-corrected chi connectivity index (χ4v) is 0. The predicted octanol–water partition coefficient (Wildman–Crippen LogP) is -3.90. The van der Waals surface area contributed by atoms with E-state index in [4.69, 9.17) is 30.0 Å². The molecular weight excluding hydrogens is 192 g/mol. The molecule has 0 saturated carbocycles. The number of carbonyl (C=O) groups excluding carboxylic acids is 2. The second-order valence-electron chi connectivity index (χ2n) is 1.43. The first-order valence-corrected chi connectivity index (χ1v) is 2.95. The van der Waals surface area contributed by atoms with Gasteiger partial charge < -0.3 is 30.0 Å². The molecule has 0 aromatic rings. The standard InChI is InChI=1S/2C2H4O2.C2H6O2.Mg/c2*1-2(3)4;3-1-2-4;/h2*1H3,(H,3,4);3-4H,1-2H2;/q;;;+2/p-2. The molecule has 0 fully saturated rings. The molecule has 74 valence electrons. The van der Waals surface area contributed by atoms with Gasteiger partial charge in [0.1, 0.15) is 0 Å². The average molecular weight is 204 g/mol. The normalized spacial score (nSPS) is 6.15. The monoisotopic (exact) mass is 204 g/mol. The van der Waals surface area contributed by atoms with Crippen LogP contribution in [0.2, 0.25) is 0 Å². The van der Waals surface area contributed by atoms with Crippen LogP contribution < -0.4 is 10.2 Å². The Balaban J connectivity index is -0.0000000450. The molecule has 0 atom stereocenters. The van der Waals surface area contributed by atoms with Gasteiger partial charge in [-0.2, -0.15) is 0 Å². The number of aliphatic hydroxyl groups excluding tert-OH is 2. The largest absolute Gasteiger partial charge is 2.00 e. The van der Waals surface area contributed by atoms with E-state index in [1.165, 1.54) is 0 Å². The molecule has 0 bridgehead atoms. The predicted molar refractivity (Wildman–Crippen MR) is 41.3 cm³/mol. The van der Waals surface area contributed by atoms with E-state index in [9.17, 15) is 0 Å². The van der Waals surface area contributed by atoms with E-state index in [1.54, 1.807) is 0 Å². The van der Waals surface area contributed by atoms with Gasteiger partial charge in [-0.3, -0.25) is 0 Å². The summed E-state index contributed by atoms with van der Waals surface area (Å²) in [7, 11) is 0. The van der Waals surface area contributed by atoms with Gasteiger partial charge in [0.05, 0.1) is 13.2 Å². The van der Waals surface area contributed by atoms with Crippen LogP contribution in [0, 0.1) is 0 Å². The van der Waals surface area contributed by atoms with Gasteiger partial charge >= 0.3 is 23.1 Å². The van der Waals surface area contributed by atoms with Crippen LogP contribution in [0.5, 0.6) is 0 Å². The number of carboxylic acids is 2. The summed E-state index contributed by atoms with van der Waals surface area (Å²) < 4.78 is 0. The van der Waals surface area contributed by atoms with E-state index in [-0.39, 0.29) is 36.3 Å². The van der Waals surface area contributed by atoms with Gasteiger partial charge in [0.25, 0.3) is 0 Å². The third-order valence-corrected chi connectivity index (χ3v) is 0.1000. The fraction of sp³-hybridized carbons (Fsp3) is 0.667. The summed E-state index contributed by atoms with van der Waals surface area (Å²) in [6, 6.07) is 0. The van der Waals surface area contributed by atoms with Crippen LogP contribution in [-0.4, -0.2) is 58.4 Å². The van der Waals surface area contributed by atoms with Gasteiger partial charge in [0.15, 0.2) is 0 Å². The zero-order chi connectivity index (χ0) is 10.6. The van der Waals surface area contributed by atoms with Gasteiger partial charge in [-0.25, -0.2) is 0 Å². The van der Waals surface area contributed by atoms with Crippen molar-refractivity contribution in [2.75, 3.05) is 13.2 Å². The van der Waals surface area contributed by atoms with E-state index in [0.717, 1.165) is 13.8 Å². The maximum absolute atomic E-state index is 8.89. The third-order valence-electron chi connectivity index (χ3n) is 0.1000. The molecule has 0 aromatic carbocycles. The molecule has 0 radical (unpaired) electrons. The van der Waals surface area contributed by atoms with E-state index < -0.39 is 11.9 Å². The van der Waals surface area contributed by atoms with E-state index in [2.05, 4.69) is 0 Å². The second-order valence-corrected chi connectivity index (χ2v) is 1.43. The van der Waals surface area contributed by atoms with Crippen molar-refractivity contribution in [3.8, 4) is 0 Å². The molecule has 0 aliphatic carbocycles. The van der Waals surface area contributed by atoms with Crippen LogP contribution in [0.3, 0.4) is 0 Å². The van der Waals surface area contributed by atoms with Gasteiger partial charge in [-0.1, -0.05) is 0 Å². The average Bonchev–Trinajstić information content (AvgIpc) is 1.85. The Morgan fingerprint density at radius 3 is 1.08 bits per heavy atom. The van der Waals surface area contributed by atoms with Crippen molar-refractivity contribution in [3.63, 3.8) is 0 Å². The maximum Gasteiger partial charge on any atom is 2.00 e. The molecule has 0 amide bonds. The second kappa shape index (κ2) is 22.6. The Kier molecular flexibility index (Phi) is 39.8. The molecule has 0 aliphatic heterocycles. The quantitative estimate of drug-likeness (QED) is 0.421. The molecule has 0 unspecified atom stereocenters. The summed E-state index contributed by atoms with van der Waals surface area (Å²) in [4.78, 5) is 17.8. The Bertz CT molecular complexity index is 93.7. The van der Waals surface area contributed by atoms with Crippen LogP contribution in [0.15, 0.2) is 0 Å². The molecule has 0 aliphatic rings. The number of hydrogen-bond acceptors (Lipinski definition) is 6. The zero-order valence-electron chi connectivity index (χ0n) is 7.65. The van der Waals surface area contributed by atoms with Crippen molar-refractivity contribution in [2.24, 2.45) is 0 Å². The van der Waals surface area contributed by atoms with Crippen molar-refractivity contribution in [1.82, 2.24) is 0 Å². The number of aliphatic carboxylic acids is 2. The van der Waals surface area contributed by atoms with E-state index in [0.29, 0.717) is 0 Å². The summed E-state index contributed by atoms with van der Waals surface area (Å²) in [5.74, 6) is -2.17. The Labute approximate surface area is 92.3 Å². The molecule has 13 heavy (non-hydrogen) atoms. The first-order chi connectivity index (χ1) is 5.38. The molecule has 7 heteroatoms. The number of carbonyl (C=O) groups is 2. The van der Waals surface area contributed by atoms with Crippen LogP contribution in [-0.2, 0) is 9.59 Å². The minimum absolute atomic E-state index is 0. The van der Waals surface area contributed by atoms with Crippen LogP contribution in [0.25, 0.3) is 0 Å². The Morgan fingerprint density at radius 2 is 1.08 bits per heavy atom. The summed E-state index contributed by atoms with van der Waals surface area (Å²) in [6.07, 6.45) is 0. The number of hydrogen-bond donors (Lipinski definition) is 2. The van der Waals surface area contributed by atoms with E-state index in [1.807, 2.05) is 0 Å². The van der Waals surface area contributed by atoms with Crippen LogP contribution in [0.4, 0.5) is 0 Å². The van der Waals surface area contributed by atoms with E-state index >= 15 is 0 Å². The molecule has 2 N–H and O–H groups in total. The van der Waals surface area contributed by atoms with Crippen molar-refractivity contribution < 1.29 is 30.0 Å². The molecule has 0 spiro atoms. The minimum Gasteiger partial charge on any atom is -0.550 e. The van der Waals surface area contributed by atoms with Crippen molar-refractivity contribution in [3.05, 3.63) is 0 Å². The smallest absolute Gasteiger partial charge is 0.550 e.